The fraction of sp³-hybridized carbons (Fsp3) is 0. The number of hydrogen-bond donors (Lipinski definition) is 1. The lowest BCUT2D eigenvalue weighted by Gasteiger charge is -2.03. The van der Waals surface area contributed by atoms with Gasteiger partial charge in [-0.15, -0.1) is 0 Å². The maximum atomic E-state index is 13.0. The minimum atomic E-state index is -0.539. The number of benzene rings is 3. The second kappa shape index (κ2) is 9.14. The third-order valence-corrected chi connectivity index (χ3v) is 5.64. The van der Waals surface area contributed by atoms with Crippen molar-refractivity contribution in [3.63, 3.8) is 0 Å². The van der Waals surface area contributed by atoms with E-state index in [0.29, 0.717) is 27.7 Å². The summed E-state index contributed by atoms with van der Waals surface area (Å²) in [7, 11) is 0. The number of nitriles is 1. The summed E-state index contributed by atoms with van der Waals surface area (Å²) in [4.78, 5) is 13.0. The van der Waals surface area contributed by atoms with Crippen LogP contribution in [0.1, 0.15) is 16.1 Å². The molecular weight excluding hydrogens is 448 g/mol. The minimum Gasteiger partial charge on any atom is -0.451 e. The third kappa shape index (κ3) is 3.99. The fourth-order valence-electron chi connectivity index (χ4n) is 3.73. The second-order valence-electron chi connectivity index (χ2n) is 7.45. The van der Waals surface area contributed by atoms with E-state index in [-0.39, 0.29) is 17.2 Å². The van der Waals surface area contributed by atoms with Gasteiger partial charge in [0.25, 0.3) is 5.91 Å². The highest BCUT2D eigenvalue weighted by Crippen LogP contribution is 2.41. The molecule has 0 saturated heterocycles. The molecule has 164 valence electrons. The van der Waals surface area contributed by atoms with Crippen molar-refractivity contribution in [2.75, 3.05) is 5.32 Å². The number of furan rings is 2. The maximum absolute atomic E-state index is 13.0. The molecule has 5 rings (SSSR count). The van der Waals surface area contributed by atoms with Crippen molar-refractivity contribution in [2.45, 2.75) is 0 Å². The lowest BCUT2D eigenvalue weighted by molar-refractivity contribution is 0.0995. The number of nitrogens with zero attached hydrogens (tertiary/aromatic N) is 1. The predicted molar refractivity (Wildman–Crippen MR) is 131 cm³/mol. The van der Waals surface area contributed by atoms with Crippen LogP contribution in [0.3, 0.4) is 0 Å². The molecule has 0 aliphatic rings. The molecule has 0 spiro atoms. The molecule has 1 N–H and O–H groups in total. The molecule has 34 heavy (non-hydrogen) atoms. The van der Waals surface area contributed by atoms with Crippen molar-refractivity contribution in [1.29, 1.82) is 5.26 Å². The molecule has 0 saturated carbocycles. The van der Waals surface area contributed by atoms with E-state index in [0.717, 1.165) is 11.1 Å². The zero-order chi connectivity index (χ0) is 23.5. The summed E-state index contributed by atoms with van der Waals surface area (Å²) in [5.74, 6) is 0.543. The number of halogens is 1. The third-order valence-electron chi connectivity index (χ3n) is 5.31. The van der Waals surface area contributed by atoms with Gasteiger partial charge < -0.3 is 8.83 Å². The maximum Gasteiger partial charge on any atom is 0.293 e. The molecule has 0 atom stereocenters. The van der Waals surface area contributed by atoms with Crippen LogP contribution >= 0.6 is 11.6 Å². The Bertz CT molecular complexity index is 1510. The zero-order valence-corrected chi connectivity index (χ0v) is 18.5. The van der Waals surface area contributed by atoms with Crippen LogP contribution in [0.25, 0.3) is 33.8 Å². The summed E-state index contributed by atoms with van der Waals surface area (Å²) >= 11 is 6.24. The van der Waals surface area contributed by atoms with Gasteiger partial charge in [-0.05, 0) is 29.8 Å². The van der Waals surface area contributed by atoms with E-state index >= 15 is 0 Å². The van der Waals surface area contributed by atoms with Crippen LogP contribution in [0.5, 0.6) is 0 Å². The van der Waals surface area contributed by atoms with Crippen molar-refractivity contribution in [1.82, 2.24) is 0 Å². The Labute approximate surface area is 200 Å². The highest BCUT2D eigenvalue weighted by atomic mass is 35.5. The molecule has 6 heteroatoms. The predicted octanol–water partition coefficient (Wildman–Crippen LogP) is 7.65. The molecular formula is C28H17ClN2O3. The van der Waals surface area contributed by atoms with E-state index in [1.807, 2.05) is 72.8 Å². The zero-order valence-electron chi connectivity index (χ0n) is 17.8. The average molecular weight is 465 g/mol. The van der Waals surface area contributed by atoms with Crippen molar-refractivity contribution in [3.8, 4) is 39.8 Å². The molecule has 1 amide bonds. The Balaban J connectivity index is 1.54. The van der Waals surface area contributed by atoms with Crippen LogP contribution in [-0.2, 0) is 0 Å². The Morgan fingerprint density at radius 1 is 0.794 bits per heavy atom. The van der Waals surface area contributed by atoms with Gasteiger partial charge in [-0.2, -0.15) is 5.26 Å². The van der Waals surface area contributed by atoms with E-state index < -0.39 is 5.91 Å². The Morgan fingerprint density at radius 3 is 2.12 bits per heavy atom. The highest BCUT2D eigenvalue weighted by Gasteiger charge is 2.25. The van der Waals surface area contributed by atoms with Gasteiger partial charge in [-0.3, -0.25) is 10.1 Å². The van der Waals surface area contributed by atoms with Gasteiger partial charge in [-0.1, -0.05) is 84.4 Å². The van der Waals surface area contributed by atoms with Crippen molar-refractivity contribution in [3.05, 3.63) is 113 Å². The van der Waals surface area contributed by atoms with E-state index in [2.05, 4.69) is 11.4 Å². The number of carbonyl (C=O) groups excluding carboxylic acids is 1. The first-order valence-corrected chi connectivity index (χ1v) is 10.9. The van der Waals surface area contributed by atoms with Gasteiger partial charge in [0.2, 0.25) is 5.88 Å². The normalized spacial score (nSPS) is 10.6. The first-order valence-electron chi connectivity index (χ1n) is 10.5. The molecule has 5 nitrogen and oxygen atoms in total. The molecule has 3 aromatic carbocycles. The van der Waals surface area contributed by atoms with Crippen LogP contribution in [0.15, 0.2) is 106 Å². The van der Waals surface area contributed by atoms with E-state index in [9.17, 15) is 10.1 Å². The van der Waals surface area contributed by atoms with E-state index in [1.54, 1.807) is 24.3 Å². The molecule has 0 fully saturated rings. The molecule has 0 bridgehead atoms. The molecule has 2 aromatic heterocycles. The summed E-state index contributed by atoms with van der Waals surface area (Å²) < 4.78 is 11.8. The topological polar surface area (TPSA) is 79.2 Å². The van der Waals surface area contributed by atoms with Gasteiger partial charge in [-0.25, -0.2) is 0 Å². The van der Waals surface area contributed by atoms with Crippen LogP contribution in [0.2, 0.25) is 5.02 Å². The molecule has 0 radical (unpaired) electrons. The molecule has 5 aromatic rings. The first kappa shape index (κ1) is 21.3. The summed E-state index contributed by atoms with van der Waals surface area (Å²) in [6, 6.07) is 31.5. The number of anilines is 1. The molecule has 0 unspecified atom stereocenters. The van der Waals surface area contributed by atoms with Gasteiger partial charge in [0.05, 0.1) is 5.02 Å². The average Bonchev–Trinajstić information content (AvgIpc) is 3.51. The summed E-state index contributed by atoms with van der Waals surface area (Å²) in [5, 5.41) is 13.2. The van der Waals surface area contributed by atoms with E-state index in [1.165, 1.54) is 0 Å². The van der Waals surface area contributed by atoms with Gasteiger partial charge in [0, 0.05) is 16.7 Å². The Morgan fingerprint density at radius 2 is 1.44 bits per heavy atom. The number of hydrogen-bond acceptors (Lipinski definition) is 4. The Kier molecular flexibility index (Phi) is 5.73. The second-order valence-corrected chi connectivity index (χ2v) is 7.86. The standard InChI is InChI=1S/C28H17ClN2O3/c29-22-14-8-7-13-20(22)23-15-16-24(33-23)27(32)31-28-21(17-30)25(18-9-3-1-4-10-18)26(34-28)19-11-5-2-6-12-19/h1-16H,(H,31,32). The van der Waals surface area contributed by atoms with E-state index in [4.69, 9.17) is 20.4 Å². The lowest BCUT2D eigenvalue weighted by atomic mass is 9.98. The molecule has 0 aliphatic carbocycles. The monoisotopic (exact) mass is 464 g/mol. The van der Waals surface area contributed by atoms with Crippen LogP contribution in [0.4, 0.5) is 5.88 Å². The van der Waals surface area contributed by atoms with Crippen molar-refractivity contribution >= 4 is 23.4 Å². The van der Waals surface area contributed by atoms with Crippen LogP contribution in [0, 0.1) is 11.3 Å². The first-order chi connectivity index (χ1) is 16.7. The number of rotatable bonds is 5. The van der Waals surface area contributed by atoms with Crippen LogP contribution in [-0.4, -0.2) is 5.91 Å². The molecule has 0 aliphatic heterocycles. The van der Waals surface area contributed by atoms with Crippen molar-refractivity contribution in [2.24, 2.45) is 0 Å². The molecule has 2 heterocycles. The van der Waals surface area contributed by atoms with Gasteiger partial charge in [0.1, 0.15) is 23.2 Å². The van der Waals surface area contributed by atoms with Crippen LogP contribution < -0.4 is 5.32 Å². The minimum absolute atomic E-state index is 0.0564. The van der Waals surface area contributed by atoms with Gasteiger partial charge in [0.15, 0.2) is 5.76 Å². The highest BCUT2D eigenvalue weighted by molar-refractivity contribution is 6.33. The summed E-state index contributed by atoms with van der Waals surface area (Å²) in [5.41, 5.74) is 3.12. The smallest absolute Gasteiger partial charge is 0.293 e. The summed E-state index contributed by atoms with van der Waals surface area (Å²) in [6.07, 6.45) is 0. The SMILES string of the molecule is N#Cc1c(NC(=O)c2ccc(-c3ccccc3Cl)o2)oc(-c2ccccc2)c1-c1ccccc1. The number of carbonyl (C=O) groups is 1. The quantitative estimate of drug-likeness (QED) is 0.289. The number of amides is 1. The summed E-state index contributed by atoms with van der Waals surface area (Å²) in [6.45, 7) is 0. The largest absolute Gasteiger partial charge is 0.451 e. The number of nitrogens with one attached hydrogen (secondary N) is 1. The van der Waals surface area contributed by atoms with Gasteiger partial charge >= 0.3 is 0 Å². The fourth-order valence-corrected chi connectivity index (χ4v) is 3.96. The Hall–Kier alpha value is -4.53. The lowest BCUT2D eigenvalue weighted by Crippen LogP contribution is -2.11. The van der Waals surface area contributed by atoms with Crippen molar-refractivity contribution < 1.29 is 13.6 Å².